The fourth-order valence-electron chi connectivity index (χ4n) is 3.44. The first-order chi connectivity index (χ1) is 13.2. The Morgan fingerprint density at radius 1 is 1.15 bits per heavy atom. The Labute approximate surface area is 159 Å². The molecule has 3 rings (SSSR count). The number of allylic oxidation sites excluding steroid dienone is 1. The molecule has 9 nitrogen and oxygen atoms in total. The lowest BCUT2D eigenvalue weighted by Gasteiger charge is -2.26. The third-order valence-corrected chi connectivity index (χ3v) is 4.95. The summed E-state index contributed by atoms with van der Waals surface area (Å²) in [6.45, 7) is 5.26. The Hall–Kier alpha value is -2.26. The molecule has 1 aromatic rings. The molecule has 2 N–H and O–H groups in total. The van der Waals surface area contributed by atoms with Crippen molar-refractivity contribution in [3.8, 4) is 0 Å². The molecule has 1 fully saturated rings. The molecule has 1 aliphatic carbocycles. The van der Waals surface area contributed by atoms with E-state index < -0.39 is 4.92 Å². The molecular formula is C18H28N6O3. The van der Waals surface area contributed by atoms with Gasteiger partial charge in [-0.25, -0.2) is 9.97 Å². The van der Waals surface area contributed by atoms with E-state index in [1.807, 2.05) is 0 Å². The molecule has 2 heterocycles. The van der Waals surface area contributed by atoms with E-state index >= 15 is 0 Å². The van der Waals surface area contributed by atoms with Crippen LogP contribution in [0.5, 0.6) is 0 Å². The molecule has 2 aliphatic rings. The molecule has 0 unspecified atom stereocenters. The quantitative estimate of drug-likeness (QED) is 0.385. The highest BCUT2D eigenvalue weighted by Gasteiger charge is 2.23. The van der Waals surface area contributed by atoms with Gasteiger partial charge in [-0.3, -0.25) is 15.0 Å². The lowest BCUT2D eigenvalue weighted by atomic mass is 9.97. The number of nitrogens with zero attached hydrogens (tertiary/aromatic N) is 4. The molecule has 0 amide bonds. The van der Waals surface area contributed by atoms with Gasteiger partial charge in [-0.2, -0.15) is 0 Å². The zero-order valence-electron chi connectivity index (χ0n) is 15.7. The second-order valence-electron chi connectivity index (χ2n) is 6.84. The molecule has 0 aromatic carbocycles. The van der Waals surface area contributed by atoms with Gasteiger partial charge in [0.2, 0.25) is 11.6 Å². The summed E-state index contributed by atoms with van der Waals surface area (Å²) in [5.41, 5.74) is 1.34. The Morgan fingerprint density at radius 3 is 2.56 bits per heavy atom. The lowest BCUT2D eigenvalue weighted by Crippen LogP contribution is -2.39. The van der Waals surface area contributed by atoms with E-state index in [1.54, 1.807) is 0 Å². The maximum absolute atomic E-state index is 11.6. The van der Waals surface area contributed by atoms with Crippen molar-refractivity contribution in [2.45, 2.75) is 32.1 Å². The predicted molar refractivity (Wildman–Crippen MR) is 104 cm³/mol. The van der Waals surface area contributed by atoms with Crippen molar-refractivity contribution in [1.29, 1.82) is 0 Å². The fraction of sp³-hybridized carbons (Fsp3) is 0.667. The van der Waals surface area contributed by atoms with Gasteiger partial charge in [0.05, 0.1) is 18.1 Å². The molecule has 0 bridgehead atoms. The number of morpholine rings is 1. The van der Waals surface area contributed by atoms with Crippen LogP contribution in [0, 0.1) is 10.1 Å². The summed E-state index contributed by atoms with van der Waals surface area (Å²) in [5, 5.41) is 17.8. The van der Waals surface area contributed by atoms with Crippen LogP contribution in [0.2, 0.25) is 0 Å². The van der Waals surface area contributed by atoms with Crippen LogP contribution in [-0.4, -0.2) is 65.7 Å². The highest BCUT2D eigenvalue weighted by atomic mass is 16.6. The van der Waals surface area contributed by atoms with Gasteiger partial charge >= 0.3 is 5.69 Å². The largest absolute Gasteiger partial charge is 0.379 e. The Morgan fingerprint density at radius 2 is 1.89 bits per heavy atom. The van der Waals surface area contributed by atoms with Crippen molar-refractivity contribution in [2.75, 3.05) is 56.6 Å². The highest BCUT2D eigenvalue weighted by Crippen LogP contribution is 2.29. The molecule has 1 aliphatic heterocycles. The topological polar surface area (TPSA) is 105 Å². The van der Waals surface area contributed by atoms with Crippen LogP contribution >= 0.6 is 0 Å². The van der Waals surface area contributed by atoms with Crippen LogP contribution in [0.3, 0.4) is 0 Å². The number of hydrogen-bond donors (Lipinski definition) is 2. The number of aromatic nitrogens is 2. The maximum Gasteiger partial charge on any atom is 0.353 e. The number of nitrogens with one attached hydrogen (secondary N) is 2. The van der Waals surface area contributed by atoms with Crippen molar-refractivity contribution in [3.63, 3.8) is 0 Å². The van der Waals surface area contributed by atoms with Crippen molar-refractivity contribution in [1.82, 2.24) is 14.9 Å². The van der Waals surface area contributed by atoms with Gasteiger partial charge in [-0.15, -0.1) is 0 Å². The van der Waals surface area contributed by atoms with Gasteiger partial charge in [0.25, 0.3) is 0 Å². The number of anilines is 2. The van der Waals surface area contributed by atoms with Crippen molar-refractivity contribution in [3.05, 3.63) is 28.1 Å². The molecule has 27 heavy (non-hydrogen) atoms. The summed E-state index contributed by atoms with van der Waals surface area (Å²) in [7, 11) is 0. The summed E-state index contributed by atoms with van der Waals surface area (Å²) in [4.78, 5) is 21.6. The van der Waals surface area contributed by atoms with Gasteiger partial charge in [0.15, 0.2) is 0 Å². The monoisotopic (exact) mass is 376 g/mol. The summed E-state index contributed by atoms with van der Waals surface area (Å²) in [6, 6.07) is 0. The maximum atomic E-state index is 11.6. The predicted octanol–water partition coefficient (Wildman–Crippen LogP) is 2.43. The fourth-order valence-corrected chi connectivity index (χ4v) is 3.44. The van der Waals surface area contributed by atoms with Crippen molar-refractivity contribution in [2.24, 2.45) is 0 Å². The molecule has 1 saturated heterocycles. The Balaban J connectivity index is 1.56. The standard InChI is InChI=1S/C18H28N6O3/c25-24(26)16-17(19-7-6-15-4-2-1-3-5-15)21-14-22-18(16)20-8-9-23-10-12-27-13-11-23/h4,14H,1-3,5-13H2,(H2,19,20,21,22). The van der Waals surface area contributed by atoms with E-state index in [0.29, 0.717) is 13.1 Å². The molecule has 148 valence electrons. The number of ether oxygens (including phenoxy) is 1. The van der Waals surface area contributed by atoms with E-state index in [4.69, 9.17) is 4.74 Å². The molecule has 0 radical (unpaired) electrons. The minimum atomic E-state index is -0.417. The van der Waals surface area contributed by atoms with Crippen LogP contribution in [0.4, 0.5) is 17.3 Å². The molecule has 0 spiro atoms. The van der Waals surface area contributed by atoms with Crippen LogP contribution in [0.25, 0.3) is 0 Å². The van der Waals surface area contributed by atoms with Gasteiger partial charge in [-0.1, -0.05) is 11.6 Å². The summed E-state index contributed by atoms with van der Waals surface area (Å²) < 4.78 is 5.33. The van der Waals surface area contributed by atoms with Gasteiger partial charge < -0.3 is 15.4 Å². The third-order valence-electron chi connectivity index (χ3n) is 4.95. The first-order valence-corrected chi connectivity index (χ1v) is 9.69. The van der Waals surface area contributed by atoms with Crippen LogP contribution in [0.1, 0.15) is 32.1 Å². The second-order valence-corrected chi connectivity index (χ2v) is 6.84. The first kappa shape index (κ1) is 19.5. The Kier molecular flexibility index (Phi) is 7.35. The summed E-state index contributed by atoms with van der Waals surface area (Å²) in [5.74, 6) is 0.544. The minimum Gasteiger partial charge on any atom is -0.379 e. The summed E-state index contributed by atoms with van der Waals surface area (Å²) in [6.07, 6.45) is 9.30. The average Bonchev–Trinajstić information content (AvgIpc) is 2.69. The Bertz CT molecular complexity index is 660. The molecular weight excluding hydrogens is 348 g/mol. The minimum absolute atomic E-state index is 0.0860. The molecule has 9 heteroatoms. The highest BCUT2D eigenvalue weighted by molar-refractivity contribution is 5.69. The SMILES string of the molecule is O=[N+]([O-])c1c(NCCC2=CCCCC2)ncnc1NCCN1CCOCC1. The van der Waals surface area contributed by atoms with Crippen molar-refractivity contribution >= 4 is 17.3 Å². The van der Waals surface area contributed by atoms with Crippen LogP contribution in [0.15, 0.2) is 18.0 Å². The van der Waals surface area contributed by atoms with Gasteiger partial charge in [-0.05, 0) is 32.1 Å². The molecule has 1 aromatic heterocycles. The van der Waals surface area contributed by atoms with E-state index in [2.05, 4.69) is 31.6 Å². The third kappa shape index (κ3) is 5.86. The van der Waals surface area contributed by atoms with Crippen LogP contribution in [-0.2, 0) is 4.74 Å². The zero-order chi connectivity index (χ0) is 18.9. The van der Waals surface area contributed by atoms with Gasteiger partial charge in [0, 0.05) is 32.7 Å². The number of rotatable bonds is 9. The molecule has 0 atom stereocenters. The van der Waals surface area contributed by atoms with E-state index in [1.165, 1.54) is 24.7 Å². The molecule has 0 saturated carbocycles. The average molecular weight is 376 g/mol. The normalized spacial score (nSPS) is 18.0. The number of nitro groups is 1. The van der Waals surface area contributed by atoms with Crippen molar-refractivity contribution < 1.29 is 9.66 Å². The zero-order valence-corrected chi connectivity index (χ0v) is 15.7. The lowest BCUT2D eigenvalue weighted by molar-refractivity contribution is -0.383. The van der Waals surface area contributed by atoms with Crippen LogP contribution < -0.4 is 10.6 Å². The second kappa shape index (κ2) is 10.2. The number of hydrogen-bond acceptors (Lipinski definition) is 8. The van der Waals surface area contributed by atoms with Gasteiger partial charge in [0.1, 0.15) is 6.33 Å². The smallest absolute Gasteiger partial charge is 0.353 e. The first-order valence-electron chi connectivity index (χ1n) is 9.69. The van der Waals surface area contributed by atoms with E-state index in [0.717, 1.165) is 52.1 Å². The summed E-state index contributed by atoms with van der Waals surface area (Å²) >= 11 is 0. The van der Waals surface area contributed by atoms with E-state index in [9.17, 15) is 10.1 Å². The van der Waals surface area contributed by atoms with E-state index in [-0.39, 0.29) is 17.3 Å².